The SMILES string of the molecule is O=C(O)/C=C/c1ccc2c(c1)-c1cc(F)ccc1-2. The summed E-state index contributed by atoms with van der Waals surface area (Å²) < 4.78 is 13.1. The van der Waals surface area contributed by atoms with Crippen LogP contribution in [-0.4, -0.2) is 11.1 Å². The van der Waals surface area contributed by atoms with E-state index in [1.54, 1.807) is 6.07 Å². The van der Waals surface area contributed by atoms with Gasteiger partial charge < -0.3 is 5.11 Å². The van der Waals surface area contributed by atoms with E-state index in [1.807, 2.05) is 18.2 Å². The van der Waals surface area contributed by atoms with Gasteiger partial charge in [0.2, 0.25) is 0 Å². The Morgan fingerprint density at radius 1 is 1.00 bits per heavy atom. The van der Waals surface area contributed by atoms with E-state index in [4.69, 9.17) is 5.11 Å². The number of carboxylic acids is 1. The van der Waals surface area contributed by atoms with Crippen molar-refractivity contribution in [2.45, 2.75) is 0 Å². The predicted molar refractivity (Wildman–Crippen MR) is 67.5 cm³/mol. The van der Waals surface area contributed by atoms with E-state index in [2.05, 4.69) is 0 Å². The van der Waals surface area contributed by atoms with Gasteiger partial charge in [0.05, 0.1) is 0 Å². The van der Waals surface area contributed by atoms with Crippen LogP contribution in [0.15, 0.2) is 42.5 Å². The van der Waals surface area contributed by atoms with Gasteiger partial charge in [0.1, 0.15) is 5.82 Å². The summed E-state index contributed by atoms with van der Waals surface area (Å²) in [5, 5.41) is 8.57. The lowest BCUT2D eigenvalue weighted by atomic mass is 9.80. The molecule has 0 saturated heterocycles. The molecule has 2 nitrogen and oxygen atoms in total. The van der Waals surface area contributed by atoms with Gasteiger partial charge in [-0.15, -0.1) is 0 Å². The van der Waals surface area contributed by atoms with Crippen LogP contribution in [0.4, 0.5) is 4.39 Å². The maximum atomic E-state index is 13.1. The molecule has 0 amide bonds. The van der Waals surface area contributed by atoms with Crippen molar-refractivity contribution in [2.24, 2.45) is 0 Å². The number of benzene rings is 2. The van der Waals surface area contributed by atoms with Crippen LogP contribution >= 0.6 is 0 Å². The molecule has 18 heavy (non-hydrogen) atoms. The number of carbonyl (C=O) groups is 1. The Labute approximate surface area is 103 Å². The van der Waals surface area contributed by atoms with Gasteiger partial charge in [-0.2, -0.15) is 0 Å². The molecule has 0 spiro atoms. The van der Waals surface area contributed by atoms with E-state index in [-0.39, 0.29) is 5.82 Å². The first kappa shape index (κ1) is 10.7. The van der Waals surface area contributed by atoms with Crippen molar-refractivity contribution >= 4 is 12.0 Å². The standard InChI is InChI=1S/C15H9FO2/c16-10-3-5-12-11-4-1-9(2-6-15(17)18)7-13(11)14(12)8-10/h1-8H,(H,17,18)/b6-2+. The Hall–Kier alpha value is -2.42. The van der Waals surface area contributed by atoms with Crippen molar-refractivity contribution in [1.29, 1.82) is 0 Å². The molecule has 1 aliphatic carbocycles. The summed E-state index contributed by atoms with van der Waals surface area (Å²) in [5.74, 6) is -1.24. The van der Waals surface area contributed by atoms with E-state index in [1.165, 1.54) is 18.2 Å². The fourth-order valence-electron chi connectivity index (χ4n) is 2.20. The summed E-state index contributed by atoms with van der Waals surface area (Å²) in [7, 11) is 0. The summed E-state index contributed by atoms with van der Waals surface area (Å²) >= 11 is 0. The average Bonchev–Trinajstić information content (AvgIpc) is 2.34. The average molecular weight is 240 g/mol. The van der Waals surface area contributed by atoms with Gasteiger partial charge in [0.15, 0.2) is 0 Å². The second kappa shape index (κ2) is 3.81. The van der Waals surface area contributed by atoms with Crippen LogP contribution in [0, 0.1) is 5.82 Å². The lowest BCUT2D eigenvalue weighted by molar-refractivity contribution is -0.131. The zero-order valence-corrected chi connectivity index (χ0v) is 9.35. The number of fused-ring (bicyclic) bond motifs is 4. The number of hydrogen-bond donors (Lipinski definition) is 1. The number of aliphatic carboxylic acids is 1. The molecule has 0 radical (unpaired) electrons. The molecule has 2 aromatic rings. The Balaban J connectivity index is 2.01. The summed E-state index contributed by atoms with van der Waals surface area (Å²) in [6.07, 6.45) is 2.62. The fraction of sp³-hybridized carbons (Fsp3) is 0. The first-order valence-corrected chi connectivity index (χ1v) is 5.50. The van der Waals surface area contributed by atoms with Gasteiger partial charge in [0, 0.05) is 6.08 Å². The summed E-state index contributed by atoms with van der Waals surface area (Å²) in [6.45, 7) is 0. The molecule has 0 unspecified atom stereocenters. The van der Waals surface area contributed by atoms with Crippen molar-refractivity contribution in [3.05, 3.63) is 53.9 Å². The molecule has 2 aromatic carbocycles. The molecule has 3 heteroatoms. The van der Waals surface area contributed by atoms with Crippen LogP contribution < -0.4 is 0 Å². The maximum Gasteiger partial charge on any atom is 0.328 e. The second-order valence-corrected chi connectivity index (χ2v) is 4.17. The Morgan fingerprint density at radius 3 is 2.39 bits per heavy atom. The maximum absolute atomic E-state index is 13.1. The van der Waals surface area contributed by atoms with E-state index < -0.39 is 5.97 Å². The normalized spacial score (nSPS) is 11.8. The molecule has 88 valence electrons. The highest BCUT2D eigenvalue weighted by molar-refractivity contribution is 6.03. The molecule has 3 rings (SSSR count). The quantitative estimate of drug-likeness (QED) is 0.695. The summed E-state index contributed by atoms with van der Waals surface area (Å²) in [6, 6.07) is 10.4. The van der Waals surface area contributed by atoms with Gasteiger partial charge in [-0.05, 0) is 52.1 Å². The minimum absolute atomic E-state index is 0.258. The zero-order valence-electron chi connectivity index (χ0n) is 9.35. The van der Waals surface area contributed by atoms with Crippen molar-refractivity contribution in [3.8, 4) is 22.3 Å². The van der Waals surface area contributed by atoms with Crippen LogP contribution in [-0.2, 0) is 4.79 Å². The molecule has 0 bridgehead atoms. The molecule has 0 heterocycles. The van der Waals surface area contributed by atoms with Crippen LogP contribution in [0.2, 0.25) is 0 Å². The van der Waals surface area contributed by atoms with E-state index >= 15 is 0 Å². The van der Waals surface area contributed by atoms with Gasteiger partial charge in [-0.3, -0.25) is 0 Å². The molecule has 0 aromatic heterocycles. The Morgan fingerprint density at radius 2 is 1.67 bits per heavy atom. The topological polar surface area (TPSA) is 37.3 Å². The number of carboxylic acid groups (broad SMARTS) is 1. The molecular formula is C15H9FO2. The van der Waals surface area contributed by atoms with Gasteiger partial charge in [-0.25, -0.2) is 9.18 Å². The third-order valence-electron chi connectivity index (χ3n) is 3.02. The highest BCUT2D eigenvalue weighted by atomic mass is 19.1. The first-order valence-electron chi connectivity index (χ1n) is 5.50. The Kier molecular flexibility index (Phi) is 2.27. The van der Waals surface area contributed by atoms with Crippen LogP contribution in [0.25, 0.3) is 28.3 Å². The van der Waals surface area contributed by atoms with Crippen LogP contribution in [0.3, 0.4) is 0 Å². The Bertz CT molecular complexity index is 687. The van der Waals surface area contributed by atoms with Gasteiger partial charge in [-0.1, -0.05) is 18.2 Å². The van der Waals surface area contributed by atoms with Crippen molar-refractivity contribution in [1.82, 2.24) is 0 Å². The lowest BCUT2D eigenvalue weighted by Gasteiger charge is -2.24. The van der Waals surface area contributed by atoms with E-state index in [0.717, 1.165) is 33.9 Å². The molecule has 1 aliphatic rings. The smallest absolute Gasteiger partial charge is 0.328 e. The fourth-order valence-corrected chi connectivity index (χ4v) is 2.20. The largest absolute Gasteiger partial charge is 0.478 e. The van der Waals surface area contributed by atoms with Crippen molar-refractivity contribution < 1.29 is 14.3 Å². The highest BCUT2D eigenvalue weighted by Gasteiger charge is 2.22. The summed E-state index contributed by atoms with van der Waals surface area (Å²) in [4.78, 5) is 10.4. The number of rotatable bonds is 2. The van der Waals surface area contributed by atoms with Gasteiger partial charge >= 0.3 is 5.97 Å². The monoisotopic (exact) mass is 240 g/mol. The number of hydrogen-bond acceptors (Lipinski definition) is 1. The predicted octanol–water partition coefficient (Wildman–Crippen LogP) is 3.57. The number of halogens is 1. The van der Waals surface area contributed by atoms with Crippen molar-refractivity contribution in [3.63, 3.8) is 0 Å². The molecule has 1 N–H and O–H groups in total. The van der Waals surface area contributed by atoms with E-state index in [9.17, 15) is 9.18 Å². The molecule has 0 aliphatic heterocycles. The third kappa shape index (κ3) is 1.61. The highest BCUT2D eigenvalue weighted by Crippen LogP contribution is 2.47. The minimum atomic E-state index is -0.982. The second-order valence-electron chi connectivity index (χ2n) is 4.17. The first-order chi connectivity index (χ1) is 8.65. The minimum Gasteiger partial charge on any atom is -0.478 e. The molecular weight excluding hydrogens is 231 g/mol. The molecule has 0 fully saturated rings. The third-order valence-corrected chi connectivity index (χ3v) is 3.02. The van der Waals surface area contributed by atoms with Crippen LogP contribution in [0.1, 0.15) is 5.56 Å². The molecule has 0 atom stereocenters. The van der Waals surface area contributed by atoms with E-state index in [0.29, 0.717) is 0 Å². The van der Waals surface area contributed by atoms with Gasteiger partial charge in [0.25, 0.3) is 0 Å². The molecule has 0 saturated carbocycles. The van der Waals surface area contributed by atoms with Crippen molar-refractivity contribution in [2.75, 3.05) is 0 Å². The summed E-state index contributed by atoms with van der Waals surface area (Å²) in [5.41, 5.74) is 4.77. The zero-order chi connectivity index (χ0) is 12.7. The van der Waals surface area contributed by atoms with Crippen LogP contribution in [0.5, 0.6) is 0 Å². The lowest BCUT2D eigenvalue weighted by Crippen LogP contribution is -1.99.